The Morgan fingerprint density at radius 3 is 2.48 bits per heavy atom. The molecule has 23 heavy (non-hydrogen) atoms. The van der Waals surface area contributed by atoms with Crippen molar-refractivity contribution in [1.29, 1.82) is 0 Å². The fraction of sp³-hybridized carbons (Fsp3) is 0.118. The molecule has 1 aromatic heterocycles. The van der Waals surface area contributed by atoms with Crippen molar-refractivity contribution in [3.8, 4) is 11.5 Å². The molecule has 0 aliphatic heterocycles. The van der Waals surface area contributed by atoms with Crippen molar-refractivity contribution < 1.29 is 9.32 Å². The molecule has 0 unspecified atom stereocenters. The van der Waals surface area contributed by atoms with Crippen molar-refractivity contribution in [2.24, 2.45) is 0 Å². The molecule has 0 saturated carbocycles. The van der Waals surface area contributed by atoms with Crippen LogP contribution in [0.15, 0.2) is 47.0 Å². The number of hydrogen-bond donors (Lipinski definition) is 1. The molecule has 0 aliphatic carbocycles. The van der Waals surface area contributed by atoms with Crippen LogP contribution in [0.4, 0.5) is 5.69 Å². The summed E-state index contributed by atoms with van der Waals surface area (Å²) in [5.74, 6) is 0.872. The summed E-state index contributed by atoms with van der Waals surface area (Å²) in [5, 5.41) is 6.65. The molecule has 3 rings (SSSR count). The van der Waals surface area contributed by atoms with Gasteiger partial charge in [-0.2, -0.15) is 4.98 Å². The number of aryl methyl sites for hydroxylation is 2. The molecule has 1 amide bonds. The van der Waals surface area contributed by atoms with Gasteiger partial charge in [0.05, 0.1) is 0 Å². The number of rotatable bonds is 3. The van der Waals surface area contributed by atoms with Crippen molar-refractivity contribution in [3.05, 3.63) is 63.0 Å². The van der Waals surface area contributed by atoms with Gasteiger partial charge in [-0.05, 0) is 78.4 Å². The van der Waals surface area contributed by atoms with Crippen molar-refractivity contribution in [2.75, 3.05) is 5.32 Å². The Morgan fingerprint density at radius 1 is 1.13 bits per heavy atom. The lowest BCUT2D eigenvalue weighted by Crippen LogP contribution is -2.11. The zero-order chi connectivity index (χ0) is 16.4. The van der Waals surface area contributed by atoms with Gasteiger partial charge in [0.25, 0.3) is 11.8 Å². The van der Waals surface area contributed by atoms with Gasteiger partial charge in [0.1, 0.15) is 0 Å². The van der Waals surface area contributed by atoms with Crippen LogP contribution >= 0.6 is 22.6 Å². The fourth-order valence-corrected chi connectivity index (χ4v) is 2.57. The molecule has 0 fully saturated rings. The SMILES string of the molecule is Cc1noc(-c2ccc(C(=O)Nc3ccc(C)c(I)c3)cc2)n1. The highest BCUT2D eigenvalue weighted by molar-refractivity contribution is 14.1. The van der Waals surface area contributed by atoms with E-state index in [4.69, 9.17) is 4.52 Å². The van der Waals surface area contributed by atoms with Gasteiger partial charge in [-0.1, -0.05) is 11.2 Å². The van der Waals surface area contributed by atoms with Gasteiger partial charge < -0.3 is 9.84 Å². The normalized spacial score (nSPS) is 10.6. The zero-order valence-corrected chi connectivity index (χ0v) is 14.8. The summed E-state index contributed by atoms with van der Waals surface area (Å²) in [4.78, 5) is 16.5. The minimum atomic E-state index is -0.155. The first kappa shape index (κ1) is 15.7. The molecular formula is C17H14IN3O2. The predicted molar refractivity (Wildman–Crippen MR) is 96.3 cm³/mol. The Kier molecular flexibility index (Phi) is 4.42. The molecule has 3 aromatic rings. The molecule has 116 valence electrons. The first-order valence-corrected chi connectivity index (χ1v) is 8.09. The van der Waals surface area contributed by atoms with Crippen LogP contribution in [0, 0.1) is 17.4 Å². The number of hydrogen-bond acceptors (Lipinski definition) is 4. The van der Waals surface area contributed by atoms with E-state index in [1.807, 2.05) is 25.1 Å². The molecule has 0 radical (unpaired) electrons. The Balaban J connectivity index is 1.76. The predicted octanol–water partition coefficient (Wildman–Crippen LogP) is 4.21. The average molecular weight is 419 g/mol. The van der Waals surface area contributed by atoms with E-state index in [1.165, 1.54) is 5.56 Å². The summed E-state index contributed by atoms with van der Waals surface area (Å²) in [6, 6.07) is 12.9. The molecule has 2 aromatic carbocycles. The van der Waals surface area contributed by atoms with E-state index < -0.39 is 0 Å². The van der Waals surface area contributed by atoms with Crippen molar-refractivity contribution in [2.45, 2.75) is 13.8 Å². The van der Waals surface area contributed by atoms with Gasteiger partial charge in [0.2, 0.25) is 0 Å². The smallest absolute Gasteiger partial charge is 0.257 e. The molecule has 1 N–H and O–H groups in total. The van der Waals surface area contributed by atoms with Crippen LogP contribution < -0.4 is 5.32 Å². The van der Waals surface area contributed by atoms with E-state index in [-0.39, 0.29) is 5.91 Å². The third-order valence-electron chi connectivity index (χ3n) is 3.35. The zero-order valence-electron chi connectivity index (χ0n) is 12.6. The summed E-state index contributed by atoms with van der Waals surface area (Å²) in [7, 11) is 0. The van der Waals surface area contributed by atoms with E-state index in [9.17, 15) is 4.79 Å². The Bertz CT molecular complexity index is 857. The maximum Gasteiger partial charge on any atom is 0.257 e. The molecule has 5 nitrogen and oxygen atoms in total. The fourth-order valence-electron chi connectivity index (χ4n) is 2.05. The molecule has 0 aliphatic rings. The Hall–Kier alpha value is -2.22. The van der Waals surface area contributed by atoms with Crippen LogP contribution in [-0.2, 0) is 0 Å². The molecule has 6 heteroatoms. The second-order valence-electron chi connectivity index (χ2n) is 5.14. The number of anilines is 1. The van der Waals surface area contributed by atoms with E-state index in [0.29, 0.717) is 17.3 Å². The highest BCUT2D eigenvalue weighted by Crippen LogP contribution is 2.20. The number of nitrogens with zero attached hydrogens (tertiary/aromatic N) is 2. The molecule has 0 atom stereocenters. The molecule has 1 heterocycles. The lowest BCUT2D eigenvalue weighted by atomic mass is 10.1. The topological polar surface area (TPSA) is 68.0 Å². The largest absolute Gasteiger partial charge is 0.334 e. The third-order valence-corrected chi connectivity index (χ3v) is 4.51. The summed E-state index contributed by atoms with van der Waals surface area (Å²) in [5.41, 5.74) is 3.32. The van der Waals surface area contributed by atoms with Gasteiger partial charge in [-0.15, -0.1) is 0 Å². The second kappa shape index (κ2) is 6.49. The van der Waals surface area contributed by atoms with Gasteiger partial charge >= 0.3 is 0 Å². The van der Waals surface area contributed by atoms with Crippen molar-refractivity contribution in [3.63, 3.8) is 0 Å². The second-order valence-corrected chi connectivity index (χ2v) is 6.30. The molecule has 0 bridgehead atoms. The number of nitrogens with one attached hydrogen (secondary N) is 1. The lowest BCUT2D eigenvalue weighted by molar-refractivity contribution is 0.102. The molecule has 0 spiro atoms. The summed E-state index contributed by atoms with van der Waals surface area (Å²) in [6.45, 7) is 3.79. The van der Waals surface area contributed by atoms with Crippen LogP contribution in [0.3, 0.4) is 0 Å². The quantitative estimate of drug-likeness (QED) is 0.646. The maximum absolute atomic E-state index is 12.3. The number of benzene rings is 2. The van der Waals surface area contributed by atoms with Crippen molar-refractivity contribution in [1.82, 2.24) is 10.1 Å². The lowest BCUT2D eigenvalue weighted by Gasteiger charge is -2.07. The van der Waals surface area contributed by atoms with Gasteiger partial charge in [0.15, 0.2) is 5.82 Å². The first-order chi connectivity index (χ1) is 11.0. The Morgan fingerprint density at radius 2 is 1.87 bits per heavy atom. The van der Waals surface area contributed by atoms with Crippen LogP contribution in [-0.4, -0.2) is 16.0 Å². The van der Waals surface area contributed by atoms with E-state index in [2.05, 4.69) is 38.0 Å². The van der Waals surface area contributed by atoms with Gasteiger partial charge in [-0.3, -0.25) is 4.79 Å². The minimum absolute atomic E-state index is 0.155. The highest BCUT2D eigenvalue weighted by Gasteiger charge is 2.10. The van der Waals surface area contributed by atoms with Crippen LogP contribution in [0.1, 0.15) is 21.7 Å². The number of aromatic nitrogens is 2. The third kappa shape index (κ3) is 3.58. The van der Waals surface area contributed by atoms with E-state index >= 15 is 0 Å². The number of halogens is 1. The summed E-state index contributed by atoms with van der Waals surface area (Å²) >= 11 is 2.25. The van der Waals surface area contributed by atoms with Crippen molar-refractivity contribution >= 4 is 34.2 Å². The summed E-state index contributed by atoms with van der Waals surface area (Å²) < 4.78 is 6.22. The number of carbonyl (C=O) groups is 1. The minimum Gasteiger partial charge on any atom is -0.334 e. The standard InChI is InChI=1S/C17H14IN3O2/c1-10-3-8-14(9-15(10)18)20-16(22)12-4-6-13(7-5-12)17-19-11(2)21-23-17/h3-9H,1-2H3,(H,20,22). The highest BCUT2D eigenvalue weighted by atomic mass is 127. The number of carbonyl (C=O) groups excluding carboxylic acids is 1. The van der Waals surface area contributed by atoms with Crippen LogP contribution in [0.5, 0.6) is 0 Å². The molecular weight excluding hydrogens is 405 g/mol. The monoisotopic (exact) mass is 419 g/mol. The molecule has 0 saturated heterocycles. The Labute approximate surface area is 147 Å². The van der Waals surface area contributed by atoms with E-state index in [1.54, 1.807) is 31.2 Å². The number of amides is 1. The van der Waals surface area contributed by atoms with Gasteiger partial charge in [-0.25, -0.2) is 0 Å². The summed E-state index contributed by atoms with van der Waals surface area (Å²) in [6.07, 6.45) is 0. The average Bonchev–Trinajstić information content (AvgIpc) is 2.97. The van der Waals surface area contributed by atoms with Crippen LogP contribution in [0.25, 0.3) is 11.5 Å². The van der Waals surface area contributed by atoms with E-state index in [0.717, 1.165) is 14.8 Å². The van der Waals surface area contributed by atoms with Crippen LogP contribution in [0.2, 0.25) is 0 Å². The first-order valence-electron chi connectivity index (χ1n) is 7.01. The van der Waals surface area contributed by atoms with Gasteiger partial charge in [0, 0.05) is 20.4 Å². The maximum atomic E-state index is 12.3.